The standard InChI is InChI=1S/C17H19Cl2N3O3/c1-9(6-17(24)25)20-16(23)8-13-10(2)21-22(11(13)3)15-5-4-12(18)7-14(15)19/h4-5,7,9H,6,8H2,1-3H3,(H,20,23)(H,24,25). The molecule has 8 heteroatoms. The van der Waals surface area contributed by atoms with Gasteiger partial charge in [0, 0.05) is 22.3 Å². The van der Waals surface area contributed by atoms with E-state index < -0.39 is 12.0 Å². The van der Waals surface area contributed by atoms with Crippen LogP contribution in [0.4, 0.5) is 0 Å². The predicted octanol–water partition coefficient (Wildman–Crippen LogP) is 3.32. The number of hydrogen-bond acceptors (Lipinski definition) is 3. The van der Waals surface area contributed by atoms with Gasteiger partial charge in [-0.25, -0.2) is 4.68 Å². The Bertz CT molecular complexity index is 818. The molecule has 0 aliphatic carbocycles. The Balaban J connectivity index is 2.22. The van der Waals surface area contributed by atoms with E-state index in [1.54, 1.807) is 29.8 Å². The van der Waals surface area contributed by atoms with Gasteiger partial charge < -0.3 is 10.4 Å². The molecule has 1 amide bonds. The van der Waals surface area contributed by atoms with Crippen LogP contribution in [-0.2, 0) is 16.0 Å². The van der Waals surface area contributed by atoms with Crippen LogP contribution in [0.1, 0.15) is 30.3 Å². The highest BCUT2D eigenvalue weighted by Gasteiger charge is 2.19. The maximum Gasteiger partial charge on any atom is 0.305 e. The van der Waals surface area contributed by atoms with Crippen LogP contribution in [0, 0.1) is 13.8 Å². The molecule has 0 aliphatic heterocycles. The summed E-state index contributed by atoms with van der Waals surface area (Å²) in [4.78, 5) is 22.9. The molecule has 0 fully saturated rings. The van der Waals surface area contributed by atoms with E-state index in [0.29, 0.717) is 21.4 Å². The molecule has 25 heavy (non-hydrogen) atoms. The van der Waals surface area contributed by atoms with E-state index in [9.17, 15) is 9.59 Å². The summed E-state index contributed by atoms with van der Waals surface area (Å²) in [5.41, 5.74) is 2.97. The first-order valence-corrected chi connectivity index (χ1v) is 8.46. The Morgan fingerprint density at radius 2 is 2.00 bits per heavy atom. The van der Waals surface area contributed by atoms with Crippen molar-refractivity contribution in [3.05, 3.63) is 45.2 Å². The largest absolute Gasteiger partial charge is 0.481 e. The molecular weight excluding hydrogens is 365 g/mol. The highest BCUT2D eigenvalue weighted by atomic mass is 35.5. The van der Waals surface area contributed by atoms with Gasteiger partial charge in [0.25, 0.3) is 0 Å². The second-order valence-corrected chi connectivity index (χ2v) is 6.74. The fourth-order valence-electron chi connectivity index (χ4n) is 2.62. The molecule has 1 aromatic heterocycles. The van der Waals surface area contributed by atoms with E-state index in [1.165, 1.54) is 0 Å². The van der Waals surface area contributed by atoms with Crippen molar-refractivity contribution in [2.45, 2.75) is 39.7 Å². The fourth-order valence-corrected chi connectivity index (χ4v) is 3.11. The monoisotopic (exact) mass is 383 g/mol. The number of nitrogens with one attached hydrogen (secondary N) is 1. The van der Waals surface area contributed by atoms with E-state index in [1.807, 2.05) is 13.8 Å². The smallest absolute Gasteiger partial charge is 0.305 e. The van der Waals surface area contributed by atoms with Gasteiger partial charge in [-0.2, -0.15) is 5.10 Å². The normalized spacial score (nSPS) is 12.0. The van der Waals surface area contributed by atoms with Gasteiger partial charge in [0.05, 0.1) is 29.2 Å². The number of amides is 1. The Morgan fingerprint density at radius 1 is 1.32 bits per heavy atom. The molecule has 2 rings (SSSR count). The molecule has 2 aromatic rings. The number of aromatic nitrogens is 2. The van der Waals surface area contributed by atoms with Crippen molar-refractivity contribution in [2.24, 2.45) is 0 Å². The fraction of sp³-hybridized carbons (Fsp3) is 0.353. The summed E-state index contributed by atoms with van der Waals surface area (Å²) in [5.74, 6) is -1.20. The molecule has 0 spiro atoms. The van der Waals surface area contributed by atoms with Crippen molar-refractivity contribution in [1.29, 1.82) is 0 Å². The number of nitrogens with zero attached hydrogens (tertiary/aromatic N) is 2. The molecule has 134 valence electrons. The first-order valence-electron chi connectivity index (χ1n) is 7.70. The zero-order valence-electron chi connectivity index (χ0n) is 14.1. The molecule has 0 saturated carbocycles. The van der Waals surface area contributed by atoms with Gasteiger partial charge in [-0.3, -0.25) is 9.59 Å². The van der Waals surface area contributed by atoms with Crippen LogP contribution >= 0.6 is 23.2 Å². The summed E-state index contributed by atoms with van der Waals surface area (Å²) in [7, 11) is 0. The van der Waals surface area contributed by atoms with Gasteiger partial charge in [0.15, 0.2) is 0 Å². The number of carboxylic acid groups (broad SMARTS) is 1. The second kappa shape index (κ2) is 7.89. The highest BCUT2D eigenvalue weighted by molar-refractivity contribution is 6.35. The zero-order chi connectivity index (χ0) is 18.7. The Kier molecular flexibility index (Phi) is 6.08. The van der Waals surface area contributed by atoms with Gasteiger partial charge >= 0.3 is 5.97 Å². The van der Waals surface area contributed by atoms with E-state index >= 15 is 0 Å². The Labute approximate surface area is 155 Å². The number of rotatable bonds is 6. The first-order chi connectivity index (χ1) is 11.7. The third-order valence-corrected chi connectivity index (χ3v) is 4.34. The van der Waals surface area contributed by atoms with Crippen LogP contribution in [0.5, 0.6) is 0 Å². The minimum absolute atomic E-state index is 0.118. The van der Waals surface area contributed by atoms with Crippen LogP contribution in [-0.4, -0.2) is 32.8 Å². The van der Waals surface area contributed by atoms with E-state index in [0.717, 1.165) is 11.3 Å². The van der Waals surface area contributed by atoms with E-state index in [2.05, 4.69) is 10.4 Å². The Hall–Kier alpha value is -2.05. The molecule has 6 nitrogen and oxygen atoms in total. The van der Waals surface area contributed by atoms with Crippen LogP contribution < -0.4 is 5.32 Å². The second-order valence-electron chi connectivity index (χ2n) is 5.90. The molecule has 2 N–H and O–H groups in total. The van der Waals surface area contributed by atoms with Crippen molar-refractivity contribution in [3.8, 4) is 5.69 Å². The summed E-state index contributed by atoms with van der Waals surface area (Å²) in [6, 6.07) is 4.68. The van der Waals surface area contributed by atoms with Crippen LogP contribution in [0.3, 0.4) is 0 Å². The minimum Gasteiger partial charge on any atom is -0.481 e. The van der Waals surface area contributed by atoms with Crippen LogP contribution in [0.25, 0.3) is 5.69 Å². The molecular formula is C17H19Cl2N3O3. The molecule has 1 aromatic carbocycles. The van der Waals surface area contributed by atoms with Crippen molar-refractivity contribution < 1.29 is 14.7 Å². The van der Waals surface area contributed by atoms with Gasteiger partial charge in [-0.1, -0.05) is 23.2 Å². The summed E-state index contributed by atoms with van der Waals surface area (Å²) < 4.78 is 1.68. The van der Waals surface area contributed by atoms with Gasteiger partial charge in [0.2, 0.25) is 5.91 Å². The number of carbonyl (C=O) groups excluding carboxylic acids is 1. The number of carboxylic acids is 1. The van der Waals surface area contributed by atoms with Crippen molar-refractivity contribution in [3.63, 3.8) is 0 Å². The van der Waals surface area contributed by atoms with Gasteiger partial charge in [-0.15, -0.1) is 0 Å². The molecule has 1 atom stereocenters. The summed E-state index contributed by atoms with van der Waals surface area (Å²) >= 11 is 12.2. The van der Waals surface area contributed by atoms with E-state index in [-0.39, 0.29) is 18.7 Å². The number of hydrogen-bond donors (Lipinski definition) is 2. The lowest BCUT2D eigenvalue weighted by Gasteiger charge is -2.12. The predicted molar refractivity (Wildman–Crippen MR) is 96.6 cm³/mol. The van der Waals surface area contributed by atoms with E-state index in [4.69, 9.17) is 28.3 Å². The Morgan fingerprint density at radius 3 is 2.60 bits per heavy atom. The molecule has 0 aliphatic rings. The lowest BCUT2D eigenvalue weighted by Crippen LogP contribution is -2.35. The lowest BCUT2D eigenvalue weighted by molar-refractivity contribution is -0.137. The van der Waals surface area contributed by atoms with Crippen molar-refractivity contribution in [2.75, 3.05) is 0 Å². The molecule has 1 unspecified atom stereocenters. The summed E-state index contributed by atoms with van der Waals surface area (Å²) in [5, 5.41) is 16.9. The third kappa shape index (κ3) is 4.74. The quantitative estimate of drug-likeness (QED) is 0.800. The molecule has 1 heterocycles. The lowest BCUT2D eigenvalue weighted by atomic mass is 10.1. The topological polar surface area (TPSA) is 84.2 Å². The van der Waals surface area contributed by atoms with Crippen LogP contribution in [0.15, 0.2) is 18.2 Å². The average Bonchev–Trinajstić information content (AvgIpc) is 2.74. The SMILES string of the molecule is Cc1nn(-c2ccc(Cl)cc2Cl)c(C)c1CC(=O)NC(C)CC(=O)O. The number of halogens is 2. The number of carbonyl (C=O) groups is 2. The third-order valence-electron chi connectivity index (χ3n) is 3.80. The average molecular weight is 384 g/mol. The number of aryl methyl sites for hydroxylation is 1. The van der Waals surface area contributed by atoms with Crippen molar-refractivity contribution in [1.82, 2.24) is 15.1 Å². The zero-order valence-corrected chi connectivity index (χ0v) is 15.6. The highest BCUT2D eigenvalue weighted by Crippen LogP contribution is 2.27. The first kappa shape index (κ1) is 19.3. The van der Waals surface area contributed by atoms with Gasteiger partial charge in [0.1, 0.15) is 0 Å². The minimum atomic E-state index is -0.953. The number of aliphatic carboxylic acids is 1. The van der Waals surface area contributed by atoms with Gasteiger partial charge in [-0.05, 0) is 39.0 Å². The number of benzene rings is 1. The maximum absolute atomic E-state index is 12.2. The molecule has 0 bridgehead atoms. The molecule has 0 saturated heterocycles. The molecule has 0 radical (unpaired) electrons. The summed E-state index contributed by atoms with van der Waals surface area (Å²) in [6.07, 6.45) is -0.00379. The van der Waals surface area contributed by atoms with Crippen molar-refractivity contribution >= 4 is 35.1 Å². The van der Waals surface area contributed by atoms with Crippen LogP contribution in [0.2, 0.25) is 10.0 Å². The maximum atomic E-state index is 12.2. The summed E-state index contributed by atoms with van der Waals surface area (Å²) in [6.45, 7) is 5.33.